The first kappa shape index (κ1) is 42.3. The standard InChI is InChI=1S/C48H43N7O10/c1-6-30-32-18-29(16-17-37(32)50-41-35(30)22-54-38(41)20-33-36(46(54)60)23-63-47(61)42(33)58)65-48(62)53(5)25-8-12-27(13-9-25)64-28-14-10-26(11-15-28)55-43(51-52-44(55)45(59)49-7-2)34-19-31(24(3)4)39(56)21-40(34)57/h8-21,24,42,56-58H,6-7,22-23H2,1-5H3,(H,49,59). The van der Waals surface area contributed by atoms with Crippen LogP contribution < -0.4 is 25.2 Å². The molecule has 5 heterocycles. The molecule has 65 heavy (non-hydrogen) atoms. The molecular weight excluding hydrogens is 835 g/mol. The number of ether oxygens (including phenoxy) is 3. The number of aromatic hydroxyl groups is 2. The third-order valence-corrected chi connectivity index (χ3v) is 11.6. The van der Waals surface area contributed by atoms with Crippen LogP contribution in [-0.4, -0.2) is 71.2 Å². The van der Waals surface area contributed by atoms with Crippen molar-refractivity contribution in [1.82, 2.24) is 29.6 Å². The molecule has 2 aliphatic heterocycles. The molecule has 2 amide bonds. The molecule has 0 bridgehead atoms. The second-order valence-electron chi connectivity index (χ2n) is 16.0. The topological polar surface area (TPSA) is 220 Å². The summed E-state index contributed by atoms with van der Waals surface area (Å²) in [5, 5.41) is 43.7. The van der Waals surface area contributed by atoms with Gasteiger partial charge in [-0.15, -0.1) is 10.2 Å². The van der Waals surface area contributed by atoms with Crippen molar-refractivity contribution in [2.45, 2.75) is 59.3 Å². The van der Waals surface area contributed by atoms with E-state index >= 15 is 0 Å². The van der Waals surface area contributed by atoms with Crippen LogP contribution in [0.3, 0.4) is 0 Å². The molecule has 1 unspecified atom stereocenters. The number of carbonyl (C=O) groups excluding carboxylic acids is 3. The minimum Gasteiger partial charge on any atom is -0.508 e. The predicted octanol–water partition coefficient (Wildman–Crippen LogP) is 7.04. The molecule has 17 heteroatoms. The summed E-state index contributed by atoms with van der Waals surface area (Å²) in [6.45, 7) is 8.00. The number of nitrogens with one attached hydrogen (secondary N) is 1. The lowest BCUT2D eigenvalue weighted by Gasteiger charge is -2.21. The van der Waals surface area contributed by atoms with Gasteiger partial charge in [0.05, 0.1) is 34.6 Å². The van der Waals surface area contributed by atoms with Gasteiger partial charge in [0.2, 0.25) is 5.82 Å². The van der Waals surface area contributed by atoms with Crippen molar-refractivity contribution in [2.24, 2.45) is 0 Å². The molecule has 9 rings (SSSR count). The van der Waals surface area contributed by atoms with Gasteiger partial charge in [-0.2, -0.15) is 0 Å². The highest BCUT2D eigenvalue weighted by Crippen LogP contribution is 2.40. The lowest BCUT2D eigenvalue weighted by atomic mass is 9.97. The molecule has 0 saturated carbocycles. The van der Waals surface area contributed by atoms with E-state index in [1.807, 2.05) is 20.8 Å². The Morgan fingerprint density at radius 3 is 2.31 bits per heavy atom. The molecule has 3 aromatic heterocycles. The van der Waals surface area contributed by atoms with E-state index in [2.05, 4.69) is 15.5 Å². The predicted molar refractivity (Wildman–Crippen MR) is 238 cm³/mol. The Morgan fingerprint density at radius 2 is 1.62 bits per heavy atom. The molecular formula is C48H43N7O10. The third-order valence-electron chi connectivity index (χ3n) is 11.6. The third kappa shape index (κ3) is 7.44. The fourth-order valence-electron chi connectivity index (χ4n) is 8.29. The van der Waals surface area contributed by atoms with Gasteiger partial charge in [-0.1, -0.05) is 20.8 Å². The number of fused-ring (bicyclic) bond motifs is 5. The first-order chi connectivity index (χ1) is 31.3. The van der Waals surface area contributed by atoms with Crippen molar-refractivity contribution in [2.75, 3.05) is 18.5 Å². The number of aromatic nitrogens is 5. The molecule has 0 aliphatic carbocycles. The molecule has 17 nitrogen and oxygen atoms in total. The first-order valence-corrected chi connectivity index (χ1v) is 21.0. The number of cyclic esters (lactones) is 1. The summed E-state index contributed by atoms with van der Waals surface area (Å²) in [6, 6.07) is 23.4. The number of aliphatic hydroxyl groups is 1. The van der Waals surface area contributed by atoms with Crippen LogP contribution in [0.1, 0.15) is 78.2 Å². The zero-order chi connectivity index (χ0) is 45.8. The average molecular weight is 878 g/mol. The van der Waals surface area contributed by atoms with Gasteiger partial charge in [-0.25, -0.2) is 14.6 Å². The van der Waals surface area contributed by atoms with Crippen molar-refractivity contribution in [3.8, 4) is 57.2 Å². The Balaban J connectivity index is 0.909. The van der Waals surface area contributed by atoms with E-state index < -0.39 is 24.1 Å². The van der Waals surface area contributed by atoms with E-state index in [4.69, 9.17) is 19.2 Å². The summed E-state index contributed by atoms with van der Waals surface area (Å²) >= 11 is 0. The van der Waals surface area contributed by atoms with Crippen LogP contribution in [0.15, 0.2) is 89.7 Å². The number of nitrogens with zero attached hydrogens (tertiary/aromatic N) is 6. The van der Waals surface area contributed by atoms with Crippen LogP contribution in [0.4, 0.5) is 10.5 Å². The van der Waals surface area contributed by atoms with Crippen molar-refractivity contribution in [1.29, 1.82) is 0 Å². The van der Waals surface area contributed by atoms with Gasteiger partial charge in [-0.3, -0.25) is 19.1 Å². The van der Waals surface area contributed by atoms with E-state index in [0.717, 1.165) is 16.5 Å². The Hall–Kier alpha value is -8.05. The Morgan fingerprint density at radius 1 is 0.908 bits per heavy atom. The number of aliphatic hydroxyl groups excluding tert-OH is 1. The molecule has 7 aromatic rings. The maximum atomic E-state index is 13.5. The van der Waals surface area contributed by atoms with E-state index in [1.165, 1.54) is 15.5 Å². The molecule has 4 aromatic carbocycles. The smallest absolute Gasteiger partial charge is 0.419 e. The number of anilines is 1. The summed E-state index contributed by atoms with van der Waals surface area (Å²) in [7, 11) is 1.59. The van der Waals surface area contributed by atoms with Crippen LogP contribution in [0.5, 0.6) is 28.7 Å². The number of phenolic OH excluding ortho intramolecular Hbond substituents is 2. The number of carbonyl (C=O) groups is 3. The summed E-state index contributed by atoms with van der Waals surface area (Å²) in [5.74, 6) is -0.144. The lowest BCUT2D eigenvalue weighted by Crippen LogP contribution is -2.32. The summed E-state index contributed by atoms with van der Waals surface area (Å²) in [5.41, 5.74) is 5.56. The summed E-state index contributed by atoms with van der Waals surface area (Å²) in [4.78, 5) is 58.3. The van der Waals surface area contributed by atoms with Crippen LogP contribution >= 0.6 is 0 Å². The second kappa shape index (κ2) is 16.6. The first-order valence-electron chi connectivity index (χ1n) is 21.0. The van der Waals surface area contributed by atoms with E-state index in [-0.39, 0.29) is 64.5 Å². The highest BCUT2D eigenvalue weighted by molar-refractivity contribution is 5.93. The van der Waals surface area contributed by atoms with Gasteiger partial charge in [0, 0.05) is 47.5 Å². The largest absolute Gasteiger partial charge is 0.508 e. The number of benzene rings is 4. The Bertz CT molecular complexity index is 3140. The van der Waals surface area contributed by atoms with Gasteiger partial charge in [-0.05, 0) is 109 Å². The monoisotopic (exact) mass is 877 g/mol. The fraction of sp³-hybridized carbons (Fsp3) is 0.229. The molecule has 0 spiro atoms. The van der Waals surface area contributed by atoms with Crippen molar-refractivity contribution in [3.05, 3.63) is 129 Å². The number of hydrogen-bond acceptors (Lipinski definition) is 13. The van der Waals surface area contributed by atoms with Crippen LogP contribution in [0.25, 0.3) is 39.4 Å². The quantitative estimate of drug-likeness (QED) is 0.101. The highest BCUT2D eigenvalue weighted by Gasteiger charge is 2.35. The van der Waals surface area contributed by atoms with E-state index in [0.29, 0.717) is 64.1 Å². The van der Waals surface area contributed by atoms with Crippen molar-refractivity contribution >= 4 is 34.6 Å². The van der Waals surface area contributed by atoms with Crippen LogP contribution in [-0.2, 0) is 29.1 Å². The van der Waals surface area contributed by atoms with Crippen LogP contribution in [0, 0.1) is 0 Å². The normalized spacial score (nSPS) is 13.8. The molecule has 2 aliphatic rings. The van der Waals surface area contributed by atoms with Gasteiger partial charge in [0.15, 0.2) is 11.9 Å². The Labute approximate surface area is 371 Å². The van der Waals surface area contributed by atoms with Crippen molar-refractivity contribution in [3.63, 3.8) is 0 Å². The van der Waals surface area contributed by atoms with Gasteiger partial charge in [0.1, 0.15) is 35.4 Å². The maximum Gasteiger partial charge on any atom is 0.419 e. The molecule has 4 N–H and O–H groups in total. The number of hydrogen-bond donors (Lipinski definition) is 4. The Kier molecular flexibility index (Phi) is 10.8. The van der Waals surface area contributed by atoms with E-state index in [9.17, 15) is 34.5 Å². The molecule has 330 valence electrons. The second-order valence-corrected chi connectivity index (χ2v) is 16.0. The molecule has 0 radical (unpaired) electrons. The minimum absolute atomic E-state index is 0.00215. The fourth-order valence-corrected chi connectivity index (χ4v) is 8.29. The van der Waals surface area contributed by atoms with Gasteiger partial charge in [0.25, 0.3) is 11.5 Å². The number of pyridine rings is 2. The summed E-state index contributed by atoms with van der Waals surface area (Å²) < 4.78 is 20.1. The molecule has 0 fully saturated rings. The minimum atomic E-state index is -1.55. The van der Waals surface area contributed by atoms with E-state index in [1.54, 1.807) is 97.4 Å². The number of esters is 1. The van der Waals surface area contributed by atoms with Gasteiger partial charge >= 0.3 is 12.1 Å². The highest BCUT2D eigenvalue weighted by atomic mass is 16.6. The zero-order valence-electron chi connectivity index (χ0n) is 35.9. The number of phenols is 2. The number of rotatable bonds is 10. The van der Waals surface area contributed by atoms with Crippen molar-refractivity contribution < 1.29 is 43.9 Å². The SMILES string of the molecule is CCNC(=O)c1nnc(-c2cc(C(C)C)c(O)cc2O)n1-c1ccc(Oc2ccc(N(C)C(=O)Oc3ccc4nc5c(c(CC)c4c3)Cn3c-5cc4c(c3=O)COC(=O)C4O)cc2)cc1. The zero-order valence-corrected chi connectivity index (χ0v) is 35.9. The van der Waals surface area contributed by atoms with Gasteiger partial charge < -0.3 is 39.4 Å². The molecule has 1 atom stereocenters. The summed E-state index contributed by atoms with van der Waals surface area (Å²) in [6.07, 6.45) is -1.59. The lowest BCUT2D eigenvalue weighted by molar-refractivity contribution is -0.157. The van der Waals surface area contributed by atoms with Crippen LogP contribution in [0.2, 0.25) is 0 Å². The molecule has 0 saturated heterocycles. The average Bonchev–Trinajstić information content (AvgIpc) is 3.90. The number of aryl methyl sites for hydroxylation is 1. The maximum absolute atomic E-state index is 13.5. The number of amides is 2.